The third kappa shape index (κ3) is 3.03. The Balaban J connectivity index is 1.69. The fourth-order valence-corrected chi connectivity index (χ4v) is 3.42. The van der Waals surface area contributed by atoms with Crippen LogP contribution in [0, 0.1) is 0 Å². The van der Waals surface area contributed by atoms with E-state index in [9.17, 15) is 4.79 Å². The smallest absolute Gasteiger partial charge is 0.271 e. The minimum atomic E-state index is -0.270. The molecule has 3 N–H and O–H groups in total. The fourth-order valence-electron chi connectivity index (χ4n) is 3.42. The predicted octanol–water partition coefficient (Wildman–Crippen LogP) is 2.30. The van der Waals surface area contributed by atoms with Gasteiger partial charge in [0, 0.05) is 30.4 Å². The Bertz CT molecular complexity index is 1230. The second-order valence-electron chi connectivity index (χ2n) is 6.92. The van der Waals surface area contributed by atoms with Gasteiger partial charge in [0.05, 0.1) is 25.1 Å². The van der Waals surface area contributed by atoms with Gasteiger partial charge in [-0.1, -0.05) is 0 Å². The summed E-state index contributed by atoms with van der Waals surface area (Å²) in [5, 5.41) is 13.9. The molecule has 0 aliphatic carbocycles. The molecule has 5 rings (SSSR count). The molecule has 1 atom stereocenters. The highest BCUT2D eigenvalue weighted by Crippen LogP contribution is 2.28. The molecule has 10 heteroatoms. The molecule has 148 valence electrons. The van der Waals surface area contributed by atoms with E-state index < -0.39 is 0 Å². The van der Waals surface area contributed by atoms with Crippen molar-refractivity contribution in [2.24, 2.45) is 0 Å². The van der Waals surface area contributed by atoms with E-state index in [1.807, 2.05) is 25.1 Å². The Morgan fingerprint density at radius 3 is 3.03 bits per heavy atom. The van der Waals surface area contributed by atoms with Crippen LogP contribution in [0.4, 0.5) is 17.2 Å². The first-order valence-corrected chi connectivity index (χ1v) is 9.20. The zero-order chi connectivity index (χ0) is 20.0. The van der Waals surface area contributed by atoms with Gasteiger partial charge in [-0.25, -0.2) is 14.5 Å². The topological polar surface area (TPSA) is 119 Å². The van der Waals surface area contributed by atoms with Crippen LogP contribution in [0.5, 0.6) is 0 Å². The Hall–Kier alpha value is -3.66. The van der Waals surface area contributed by atoms with Gasteiger partial charge in [-0.15, -0.1) is 5.10 Å². The summed E-state index contributed by atoms with van der Waals surface area (Å²) in [6.07, 6.45) is 2.93. The molecule has 0 saturated heterocycles. The van der Waals surface area contributed by atoms with Crippen LogP contribution < -0.4 is 16.0 Å². The van der Waals surface area contributed by atoms with E-state index in [4.69, 9.17) is 9.15 Å². The van der Waals surface area contributed by atoms with Crippen molar-refractivity contribution in [3.63, 3.8) is 0 Å². The second-order valence-corrected chi connectivity index (χ2v) is 6.92. The monoisotopic (exact) mass is 393 g/mol. The van der Waals surface area contributed by atoms with Crippen LogP contribution in [0.3, 0.4) is 0 Å². The number of ether oxygens (including phenoxy) is 1. The van der Waals surface area contributed by atoms with Gasteiger partial charge in [0.15, 0.2) is 29.1 Å². The number of benzene rings is 1. The zero-order valence-corrected chi connectivity index (χ0v) is 15.9. The molecule has 10 nitrogen and oxygen atoms in total. The normalized spacial score (nSPS) is 17.2. The van der Waals surface area contributed by atoms with Crippen molar-refractivity contribution < 1.29 is 13.9 Å². The Labute approximate surface area is 165 Å². The van der Waals surface area contributed by atoms with Gasteiger partial charge in [0.1, 0.15) is 5.52 Å². The predicted molar refractivity (Wildman–Crippen MR) is 106 cm³/mol. The lowest BCUT2D eigenvalue weighted by molar-refractivity contribution is 0.0815. The average molecular weight is 393 g/mol. The highest BCUT2D eigenvalue weighted by atomic mass is 16.5. The van der Waals surface area contributed by atoms with Gasteiger partial charge < -0.3 is 25.1 Å². The summed E-state index contributed by atoms with van der Waals surface area (Å²) < 4.78 is 12.9. The largest absolute Gasteiger partial charge is 0.443 e. The summed E-state index contributed by atoms with van der Waals surface area (Å²) in [4.78, 5) is 21.4. The lowest BCUT2D eigenvalue weighted by Crippen LogP contribution is -2.36. The van der Waals surface area contributed by atoms with Crippen LogP contribution in [-0.2, 0) is 11.3 Å². The highest BCUT2D eigenvalue weighted by Gasteiger charge is 2.19. The molecule has 0 unspecified atom stereocenters. The number of carbonyl (C=O) groups is 1. The molecule has 1 aliphatic rings. The summed E-state index contributed by atoms with van der Waals surface area (Å²) in [7, 11) is 1.80. The molecule has 4 heterocycles. The van der Waals surface area contributed by atoms with E-state index in [0.717, 1.165) is 22.5 Å². The number of hydrogen-bond donors (Lipinski definition) is 3. The molecule has 3 aromatic heterocycles. The van der Waals surface area contributed by atoms with Gasteiger partial charge in [-0.3, -0.25) is 4.79 Å². The zero-order valence-electron chi connectivity index (χ0n) is 15.9. The lowest BCUT2D eigenvalue weighted by atomic mass is 10.1. The molecule has 0 spiro atoms. The maximum atomic E-state index is 12.7. The van der Waals surface area contributed by atoms with Crippen molar-refractivity contribution >= 4 is 39.8 Å². The maximum Gasteiger partial charge on any atom is 0.271 e. The molecule has 0 radical (unpaired) electrons. The summed E-state index contributed by atoms with van der Waals surface area (Å²) in [5.41, 5.74) is 4.69. The molecular formula is C19H19N7O3. The van der Waals surface area contributed by atoms with Crippen molar-refractivity contribution in [2.45, 2.75) is 19.6 Å². The standard InChI is InChI=1S/C19H19N7O3/c1-10-7-28-8-11-3-12(4-13-17(11)29-9-22-13)24-16-5-14(20-2)18-21-6-15(19(27)23-10)26(18)25-16/h3-6,9-10,20H,7-8H2,1-2H3,(H,23,27)(H,24,25)/t10-/m1/s1. The Morgan fingerprint density at radius 2 is 2.17 bits per heavy atom. The first-order valence-electron chi connectivity index (χ1n) is 9.20. The van der Waals surface area contributed by atoms with Crippen LogP contribution >= 0.6 is 0 Å². The summed E-state index contributed by atoms with van der Waals surface area (Å²) in [6, 6.07) is 5.46. The minimum absolute atomic E-state index is 0.200. The summed E-state index contributed by atoms with van der Waals surface area (Å²) in [5.74, 6) is 0.280. The van der Waals surface area contributed by atoms with E-state index >= 15 is 0 Å². The van der Waals surface area contributed by atoms with E-state index in [-0.39, 0.29) is 11.9 Å². The lowest BCUT2D eigenvalue weighted by Gasteiger charge is -2.16. The van der Waals surface area contributed by atoms with Crippen molar-refractivity contribution in [2.75, 3.05) is 24.3 Å². The molecule has 1 amide bonds. The Morgan fingerprint density at radius 1 is 1.28 bits per heavy atom. The number of hydrogen-bond acceptors (Lipinski definition) is 8. The maximum absolute atomic E-state index is 12.7. The molecule has 1 aliphatic heterocycles. The second kappa shape index (κ2) is 6.74. The van der Waals surface area contributed by atoms with E-state index in [1.54, 1.807) is 7.05 Å². The molecule has 4 bridgehead atoms. The van der Waals surface area contributed by atoms with Gasteiger partial charge in [0.25, 0.3) is 5.91 Å². The molecule has 0 saturated carbocycles. The molecule has 1 aromatic carbocycles. The number of rotatable bonds is 1. The molecule has 29 heavy (non-hydrogen) atoms. The Kier molecular flexibility index (Phi) is 4.06. The number of aromatic nitrogens is 4. The minimum Gasteiger partial charge on any atom is -0.443 e. The fraction of sp³-hybridized carbons (Fsp3) is 0.263. The number of oxazole rings is 1. The summed E-state index contributed by atoms with van der Waals surface area (Å²) >= 11 is 0. The van der Waals surface area contributed by atoms with Crippen molar-refractivity contribution in [1.29, 1.82) is 0 Å². The van der Waals surface area contributed by atoms with E-state index in [1.165, 1.54) is 17.1 Å². The van der Waals surface area contributed by atoms with Crippen molar-refractivity contribution in [1.82, 2.24) is 24.9 Å². The van der Waals surface area contributed by atoms with Gasteiger partial charge >= 0.3 is 0 Å². The number of anilines is 3. The molecule has 4 aromatic rings. The van der Waals surface area contributed by atoms with Crippen LogP contribution in [0.25, 0.3) is 16.7 Å². The van der Waals surface area contributed by atoms with Crippen molar-refractivity contribution in [3.05, 3.63) is 42.0 Å². The molecular weight excluding hydrogens is 374 g/mol. The van der Waals surface area contributed by atoms with E-state index in [2.05, 4.69) is 31.0 Å². The first kappa shape index (κ1) is 17.4. The first-order chi connectivity index (χ1) is 14.1. The van der Waals surface area contributed by atoms with E-state index in [0.29, 0.717) is 36.0 Å². The number of fused-ring (bicyclic) bond motifs is 5. The number of amides is 1. The van der Waals surface area contributed by atoms with Gasteiger partial charge in [-0.05, 0) is 19.1 Å². The SMILES string of the molecule is CNc1cc2nn3c(cnc13)C(=O)N[C@H](C)COCc1cc(cc3ncoc13)N2. The van der Waals surface area contributed by atoms with Crippen LogP contribution in [-0.4, -0.2) is 45.2 Å². The molecule has 0 fully saturated rings. The van der Waals surface area contributed by atoms with Gasteiger partial charge in [0.2, 0.25) is 0 Å². The third-order valence-corrected chi connectivity index (χ3v) is 4.75. The number of carbonyl (C=O) groups excluding carboxylic acids is 1. The number of nitrogens with one attached hydrogen (secondary N) is 3. The van der Waals surface area contributed by atoms with Crippen LogP contribution in [0.15, 0.2) is 35.2 Å². The third-order valence-electron chi connectivity index (χ3n) is 4.75. The number of imidazole rings is 1. The van der Waals surface area contributed by atoms with Crippen LogP contribution in [0.1, 0.15) is 23.0 Å². The van der Waals surface area contributed by atoms with Gasteiger partial charge in [-0.2, -0.15) is 0 Å². The van der Waals surface area contributed by atoms with Crippen molar-refractivity contribution in [3.8, 4) is 0 Å². The quantitative estimate of drug-likeness (QED) is 0.451. The average Bonchev–Trinajstić information content (AvgIpc) is 3.33. The number of nitrogens with zero attached hydrogens (tertiary/aromatic N) is 4. The highest BCUT2D eigenvalue weighted by molar-refractivity contribution is 5.94. The van der Waals surface area contributed by atoms with Crippen LogP contribution in [0.2, 0.25) is 0 Å². The summed E-state index contributed by atoms with van der Waals surface area (Å²) in [6.45, 7) is 2.55.